The third-order valence-corrected chi connectivity index (χ3v) is 6.49. The molecule has 4 rings (SSSR count). The number of Topliss-reactive ketones (excluding diaryl/α,β-unsaturated/α-hetero) is 1. The van der Waals surface area contributed by atoms with Crippen LogP contribution in [0.5, 0.6) is 0 Å². The molecule has 29 heavy (non-hydrogen) atoms. The molecule has 1 saturated carbocycles. The van der Waals surface area contributed by atoms with Crippen molar-refractivity contribution >= 4 is 32.4 Å². The van der Waals surface area contributed by atoms with Gasteiger partial charge in [0.25, 0.3) is 0 Å². The van der Waals surface area contributed by atoms with Gasteiger partial charge in [0.2, 0.25) is 10.0 Å². The minimum Gasteiger partial charge on any atom is -0.293 e. The number of anilines is 1. The van der Waals surface area contributed by atoms with Crippen molar-refractivity contribution in [2.45, 2.75) is 39.5 Å². The van der Waals surface area contributed by atoms with Crippen molar-refractivity contribution in [2.24, 2.45) is 0 Å². The Morgan fingerprint density at radius 3 is 2.52 bits per heavy atom. The van der Waals surface area contributed by atoms with E-state index >= 15 is 0 Å². The molecule has 7 nitrogen and oxygen atoms in total. The van der Waals surface area contributed by atoms with E-state index in [9.17, 15) is 13.2 Å². The minimum atomic E-state index is -3.42. The second kappa shape index (κ2) is 6.95. The number of aromatic nitrogens is 3. The smallest absolute Gasteiger partial charge is 0.232 e. The topological polar surface area (TPSA) is 85.2 Å². The van der Waals surface area contributed by atoms with E-state index in [1.807, 2.05) is 32.0 Å². The lowest BCUT2D eigenvalue weighted by Crippen LogP contribution is -2.30. The first-order chi connectivity index (χ1) is 13.7. The number of sulfonamides is 1. The SMILES string of the molecule is CCN(c1cc2nn(-c3ccc(C)cn3)c(C(C)=O)c2cc1C1CC1)S(C)(=O)=O. The summed E-state index contributed by atoms with van der Waals surface area (Å²) in [5.41, 5.74) is 3.68. The molecule has 0 bridgehead atoms. The summed E-state index contributed by atoms with van der Waals surface area (Å²) in [6.45, 7) is 5.61. The number of carbonyl (C=O) groups excluding carboxylic acids is 1. The summed E-state index contributed by atoms with van der Waals surface area (Å²) in [4.78, 5) is 16.9. The molecule has 1 aliphatic carbocycles. The van der Waals surface area contributed by atoms with Crippen LogP contribution in [-0.4, -0.2) is 41.8 Å². The van der Waals surface area contributed by atoms with Gasteiger partial charge in [-0.2, -0.15) is 5.10 Å². The van der Waals surface area contributed by atoms with E-state index in [0.29, 0.717) is 35.2 Å². The molecule has 2 heterocycles. The summed E-state index contributed by atoms with van der Waals surface area (Å²) in [7, 11) is -3.42. The summed E-state index contributed by atoms with van der Waals surface area (Å²) in [5.74, 6) is 0.757. The second-order valence-corrected chi connectivity index (χ2v) is 9.55. The molecule has 3 aromatic rings. The number of nitrogens with zero attached hydrogens (tertiary/aromatic N) is 4. The van der Waals surface area contributed by atoms with E-state index in [2.05, 4.69) is 10.1 Å². The fraction of sp³-hybridized carbons (Fsp3) is 0.381. The number of hydrogen-bond donors (Lipinski definition) is 0. The fourth-order valence-corrected chi connectivity index (χ4v) is 4.73. The van der Waals surface area contributed by atoms with E-state index in [1.54, 1.807) is 16.9 Å². The van der Waals surface area contributed by atoms with Crippen LogP contribution in [0.2, 0.25) is 0 Å². The van der Waals surface area contributed by atoms with E-state index in [4.69, 9.17) is 0 Å². The number of rotatable bonds is 6. The molecule has 0 atom stereocenters. The standard InChI is InChI=1S/C21H24N4O3S/c1-5-24(29(4,27)28)19-11-18-17(10-16(19)15-7-8-15)21(14(3)26)25(23-18)20-9-6-13(2)12-22-20/h6,9-12,15H,5,7-8H2,1-4H3. The van der Waals surface area contributed by atoms with Gasteiger partial charge in [0.1, 0.15) is 5.69 Å². The molecule has 0 aliphatic heterocycles. The Morgan fingerprint density at radius 2 is 2.00 bits per heavy atom. The van der Waals surface area contributed by atoms with Gasteiger partial charge in [-0.3, -0.25) is 9.10 Å². The van der Waals surface area contributed by atoms with Gasteiger partial charge in [0.05, 0.1) is 17.5 Å². The Balaban J connectivity index is 2.00. The van der Waals surface area contributed by atoms with Gasteiger partial charge in [0.15, 0.2) is 11.6 Å². The largest absolute Gasteiger partial charge is 0.293 e. The highest BCUT2D eigenvalue weighted by Gasteiger charge is 2.31. The summed E-state index contributed by atoms with van der Waals surface area (Å²) in [6, 6.07) is 7.49. The highest BCUT2D eigenvalue weighted by Crippen LogP contribution is 2.46. The van der Waals surface area contributed by atoms with Crippen molar-refractivity contribution < 1.29 is 13.2 Å². The van der Waals surface area contributed by atoms with Crippen LogP contribution in [0.15, 0.2) is 30.5 Å². The lowest BCUT2D eigenvalue weighted by atomic mass is 10.0. The van der Waals surface area contributed by atoms with Gasteiger partial charge in [0, 0.05) is 25.1 Å². The number of pyridine rings is 1. The van der Waals surface area contributed by atoms with Crippen LogP contribution < -0.4 is 4.31 Å². The number of fused-ring (bicyclic) bond motifs is 1. The second-order valence-electron chi connectivity index (χ2n) is 7.64. The number of carbonyl (C=O) groups is 1. The van der Waals surface area contributed by atoms with Crippen molar-refractivity contribution in [3.05, 3.63) is 47.3 Å². The molecule has 0 saturated heterocycles. The maximum absolute atomic E-state index is 12.5. The van der Waals surface area contributed by atoms with E-state index in [1.165, 1.54) is 17.5 Å². The molecule has 0 unspecified atom stereocenters. The van der Waals surface area contributed by atoms with Gasteiger partial charge in [-0.25, -0.2) is 18.1 Å². The molecule has 0 N–H and O–H groups in total. The van der Waals surface area contributed by atoms with Crippen LogP contribution >= 0.6 is 0 Å². The predicted molar refractivity (Wildman–Crippen MR) is 113 cm³/mol. The van der Waals surface area contributed by atoms with Crippen LogP contribution in [0.1, 0.15) is 54.2 Å². The van der Waals surface area contributed by atoms with Crippen molar-refractivity contribution in [1.82, 2.24) is 14.8 Å². The Hall–Kier alpha value is -2.74. The first-order valence-corrected chi connectivity index (χ1v) is 11.5. The minimum absolute atomic E-state index is 0.111. The molecule has 0 radical (unpaired) electrons. The molecular formula is C21H24N4O3S. The Kier molecular flexibility index (Phi) is 4.69. The first kappa shape index (κ1) is 19.6. The number of ketones is 1. The van der Waals surface area contributed by atoms with Gasteiger partial charge >= 0.3 is 0 Å². The quantitative estimate of drug-likeness (QED) is 0.578. The van der Waals surface area contributed by atoms with Crippen molar-refractivity contribution in [3.63, 3.8) is 0 Å². The van der Waals surface area contributed by atoms with E-state index < -0.39 is 10.0 Å². The fourth-order valence-electron chi connectivity index (χ4n) is 3.75. The van der Waals surface area contributed by atoms with Gasteiger partial charge in [-0.1, -0.05) is 6.07 Å². The summed E-state index contributed by atoms with van der Waals surface area (Å²) < 4.78 is 27.7. The van der Waals surface area contributed by atoms with Crippen LogP contribution in [0, 0.1) is 6.92 Å². The van der Waals surface area contributed by atoms with Crippen LogP contribution in [0.4, 0.5) is 5.69 Å². The molecule has 1 fully saturated rings. The van der Waals surface area contributed by atoms with Crippen molar-refractivity contribution in [2.75, 3.05) is 17.1 Å². The average Bonchev–Trinajstić information content (AvgIpc) is 3.41. The third-order valence-electron chi connectivity index (χ3n) is 5.24. The summed E-state index contributed by atoms with van der Waals surface area (Å²) in [5, 5.41) is 5.36. The molecular weight excluding hydrogens is 388 g/mol. The van der Waals surface area contributed by atoms with Crippen molar-refractivity contribution in [1.29, 1.82) is 0 Å². The Labute approximate surface area is 170 Å². The lowest BCUT2D eigenvalue weighted by Gasteiger charge is -2.23. The molecule has 2 aromatic heterocycles. The summed E-state index contributed by atoms with van der Waals surface area (Å²) in [6.07, 6.45) is 4.98. The summed E-state index contributed by atoms with van der Waals surface area (Å²) >= 11 is 0. The maximum Gasteiger partial charge on any atom is 0.232 e. The molecule has 1 aliphatic rings. The maximum atomic E-state index is 12.5. The zero-order valence-corrected chi connectivity index (χ0v) is 17.8. The highest BCUT2D eigenvalue weighted by molar-refractivity contribution is 7.92. The monoisotopic (exact) mass is 412 g/mol. The zero-order valence-electron chi connectivity index (χ0n) is 17.0. The highest BCUT2D eigenvalue weighted by atomic mass is 32.2. The molecule has 0 spiro atoms. The van der Waals surface area contributed by atoms with Crippen LogP contribution in [-0.2, 0) is 10.0 Å². The van der Waals surface area contributed by atoms with Gasteiger partial charge < -0.3 is 0 Å². The molecule has 1 aromatic carbocycles. The Morgan fingerprint density at radius 1 is 1.28 bits per heavy atom. The lowest BCUT2D eigenvalue weighted by molar-refractivity contribution is 0.101. The van der Waals surface area contributed by atoms with Gasteiger partial charge in [-0.05, 0) is 61.9 Å². The zero-order chi connectivity index (χ0) is 20.9. The normalized spacial score (nSPS) is 14.3. The predicted octanol–water partition coefficient (Wildman–Crippen LogP) is 3.59. The van der Waals surface area contributed by atoms with Crippen LogP contribution in [0.3, 0.4) is 0 Å². The number of hydrogen-bond acceptors (Lipinski definition) is 5. The average molecular weight is 413 g/mol. The first-order valence-electron chi connectivity index (χ1n) is 9.69. The van der Waals surface area contributed by atoms with E-state index in [-0.39, 0.29) is 5.78 Å². The Bertz CT molecular complexity index is 1210. The molecule has 152 valence electrons. The number of aryl methyl sites for hydroxylation is 1. The van der Waals surface area contributed by atoms with Crippen LogP contribution in [0.25, 0.3) is 16.7 Å². The molecule has 8 heteroatoms. The number of benzene rings is 1. The van der Waals surface area contributed by atoms with Gasteiger partial charge in [-0.15, -0.1) is 0 Å². The van der Waals surface area contributed by atoms with E-state index in [0.717, 1.165) is 29.4 Å². The third kappa shape index (κ3) is 3.53. The molecule has 0 amide bonds. The van der Waals surface area contributed by atoms with Crippen molar-refractivity contribution in [3.8, 4) is 5.82 Å².